The Morgan fingerprint density at radius 3 is 2.53 bits per heavy atom. The van der Waals surface area contributed by atoms with Crippen LogP contribution in [0.15, 0.2) is 74.9 Å². The number of rotatable bonds is 8. The molecule has 0 aliphatic heterocycles. The molecule has 0 bridgehead atoms. The molecule has 0 radical (unpaired) electrons. The number of thioether (sulfide) groups is 1. The van der Waals surface area contributed by atoms with E-state index in [1.807, 2.05) is 26.0 Å². The molecule has 2 amide bonds. The first-order valence-corrected chi connectivity index (χ1v) is 11.6. The highest BCUT2D eigenvalue weighted by Gasteiger charge is 2.20. The van der Waals surface area contributed by atoms with Crippen LogP contribution in [-0.4, -0.2) is 34.8 Å². The zero-order valence-electron chi connectivity index (χ0n) is 19.1. The summed E-state index contributed by atoms with van der Waals surface area (Å²) in [7, 11) is 1.64. The lowest BCUT2D eigenvalue weighted by Gasteiger charge is -2.20. The maximum Gasteiger partial charge on any atom is 0.277 e. The van der Waals surface area contributed by atoms with E-state index >= 15 is 0 Å². The second kappa shape index (κ2) is 10.4. The van der Waals surface area contributed by atoms with E-state index in [4.69, 9.17) is 8.83 Å². The van der Waals surface area contributed by atoms with Crippen molar-refractivity contribution in [3.8, 4) is 11.5 Å². The van der Waals surface area contributed by atoms with Crippen LogP contribution >= 0.6 is 11.8 Å². The number of carbonyl (C=O) groups excluding carboxylic acids is 2. The molecule has 1 N–H and O–H groups in total. The zero-order valence-corrected chi connectivity index (χ0v) is 19.9. The second-order valence-corrected chi connectivity index (χ2v) is 8.70. The number of hydrogen-bond donors (Lipinski definition) is 1. The van der Waals surface area contributed by atoms with Crippen LogP contribution in [0.2, 0.25) is 0 Å². The van der Waals surface area contributed by atoms with E-state index in [0.717, 1.165) is 28.5 Å². The van der Waals surface area contributed by atoms with Crippen molar-refractivity contribution in [3.63, 3.8) is 0 Å². The second-order valence-electron chi connectivity index (χ2n) is 7.77. The Balaban J connectivity index is 1.40. The van der Waals surface area contributed by atoms with Crippen LogP contribution in [0.4, 0.5) is 5.69 Å². The molecule has 0 fully saturated rings. The van der Waals surface area contributed by atoms with Crippen molar-refractivity contribution in [1.29, 1.82) is 0 Å². The minimum atomic E-state index is -0.297. The molecule has 2 aromatic carbocycles. The Bertz CT molecular complexity index is 1280. The number of furan rings is 1. The number of nitrogens with one attached hydrogen (secondary N) is 1. The average Bonchev–Trinajstić information content (AvgIpc) is 3.52. The summed E-state index contributed by atoms with van der Waals surface area (Å²) >= 11 is 1.15. The van der Waals surface area contributed by atoms with Crippen LogP contribution in [0.5, 0.6) is 0 Å². The molecule has 0 saturated heterocycles. The van der Waals surface area contributed by atoms with Gasteiger partial charge in [0.15, 0.2) is 0 Å². The van der Waals surface area contributed by atoms with Gasteiger partial charge >= 0.3 is 0 Å². The van der Waals surface area contributed by atoms with Crippen molar-refractivity contribution in [3.05, 3.63) is 83.3 Å². The van der Waals surface area contributed by atoms with Gasteiger partial charge in [0.1, 0.15) is 5.76 Å². The van der Waals surface area contributed by atoms with Gasteiger partial charge in [-0.3, -0.25) is 9.59 Å². The van der Waals surface area contributed by atoms with Crippen LogP contribution in [0, 0.1) is 13.8 Å². The predicted molar refractivity (Wildman–Crippen MR) is 130 cm³/mol. The van der Waals surface area contributed by atoms with Crippen LogP contribution < -0.4 is 10.2 Å². The maximum absolute atomic E-state index is 12.9. The average molecular weight is 477 g/mol. The summed E-state index contributed by atoms with van der Waals surface area (Å²) in [5, 5.41) is 11.3. The van der Waals surface area contributed by atoms with Crippen molar-refractivity contribution < 1.29 is 18.4 Å². The van der Waals surface area contributed by atoms with Gasteiger partial charge in [0, 0.05) is 12.6 Å². The summed E-state index contributed by atoms with van der Waals surface area (Å²) in [5.74, 6) is 0.629. The molecule has 34 heavy (non-hydrogen) atoms. The van der Waals surface area contributed by atoms with E-state index in [-0.39, 0.29) is 24.1 Å². The number of aryl methyl sites for hydroxylation is 2. The van der Waals surface area contributed by atoms with Crippen LogP contribution in [0.1, 0.15) is 27.2 Å². The van der Waals surface area contributed by atoms with E-state index < -0.39 is 0 Å². The van der Waals surface area contributed by atoms with E-state index in [0.29, 0.717) is 28.1 Å². The SMILES string of the molecule is Cc1cc(C)cc(-c2nnc(SCC(=O)N(C)c3ccccc3C(=O)NCc3ccco3)o2)c1. The molecule has 0 saturated carbocycles. The molecule has 2 heterocycles. The van der Waals surface area contributed by atoms with Crippen molar-refractivity contribution in [1.82, 2.24) is 15.5 Å². The number of benzene rings is 2. The normalized spacial score (nSPS) is 10.8. The summed E-state index contributed by atoms with van der Waals surface area (Å²) in [6, 6.07) is 16.5. The van der Waals surface area contributed by atoms with Crippen molar-refractivity contribution >= 4 is 29.3 Å². The van der Waals surface area contributed by atoms with Gasteiger partial charge in [-0.2, -0.15) is 0 Å². The van der Waals surface area contributed by atoms with Crippen molar-refractivity contribution in [2.24, 2.45) is 0 Å². The topological polar surface area (TPSA) is 101 Å². The molecule has 0 atom stereocenters. The molecule has 0 aliphatic rings. The Morgan fingerprint density at radius 2 is 1.79 bits per heavy atom. The summed E-state index contributed by atoms with van der Waals surface area (Å²) < 4.78 is 11.0. The van der Waals surface area contributed by atoms with Crippen molar-refractivity contribution in [2.75, 3.05) is 17.7 Å². The standard InChI is InChI=1S/C25H24N4O4S/c1-16-11-17(2)13-18(12-16)24-27-28-25(33-24)34-15-22(30)29(3)21-9-5-4-8-20(21)23(31)26-14-19-7-6-10-32-19/h4-13H,14-15H2,1-3H3,(H,26,31). The van der Waals surface area contributed by atoms with Gasteiger partial charge in [-0.05, 0) is 50.2 Å². The van der Waals surface area contributed by atoms with E-state index in [1.165, 1.54) is 4.90 Å². The minimum absolute atomic E-state index is 0.0767. The Hall–Kier alpha value is -3.85. The van der Waals surface area contributed by atoms with E-state index in [2.05, 4.69) is 21.6 Å². The van der Waals surface area contributed by atoms with Gasteiger partial charge < -0.3 is 19.1 Å². The number of carbonyl (C=O) groups is 2. The van der Waals surface area contributed by atoms with E-state index in [1.54, 1.807) is 49.7 Å². The van der Waals surface area contributed by atoms with E-state index in [9.17, 15) is 9.59 Å². The van der Waals surface area contributed by atoms with Gasteiger partial charge in [0.05, 0.1) is 29.8 Å². The summed E-state index contributed by atoms with van der Waals surface area (Å²) in [4.78, 5) is 27.0. The summed E-state index contributed by atoms with van der Waals surface area (Å²) in [6.45, 7) is 4.27. The molecule has 4 aromatic rings. The molecule has 174 valence electrons. The maximum atomic E-state index is 12.9. The fourth-order valence-corrected chi connectivity index (χ4v) is 4.15. The van der Waals surface area contributed by atoms with Crippen LogP contribution in [0.3, 0.4) is 0 Å². The number of amides is 2. The fourth-order valence-electron chi connectivity index (χ4n) is 3.47. The largest absolute Gasteiger partial charge is 0.467 e. The minimum Gasteiger partial charge on any atom is -0.467 e. The summed E-state index contributed by atoms with van der Waals surface area (Å²) in [5.41, 5.74) is 3.95. The molecule has 0 spiro atoms. The molecule has 0 aliphatic carbocycles. The highest BCUT2D eigenvalue weighted by molar-refractivity contribution is 7.99. The highest BCUT2D eigenvalue weighted by atomic mass is 32.2. The number of para-hydroxylation sites is 1. The number of anilines is 1. The third-order valence-electron chi connectivity index (χ3n) is 5.08. The Morgan fingerprint density at radius 1 is 1.03 bits per heavy atom. The first kappa shape index (κ1) is 23.3. The summed E-state index contributed by atoms with van der Waals surface area (Å²) in [6.07, 6.45) is 1.55. The molecule has 0 unspecified atom stereocenters. The third kappa shape index (κ3) is 5.55. The number of hydrogen-bond acceptors (Lipinski definition) is 7. The van der Waals surface area contributed by atoms with Crippen molar-refractivity contribution in [2.45, 2.75) is 25.6 Å². The lowest BCUT2D eigenvalue weighted by molar-refractivity contribution is -0.115. The van der Waals surface area contributed by atoms with Gasteiger partial charge in [0.2, 0.25) is 11.8 Å². The van der Waals surface area contributed by atoms with Crippen LogP contribution in [0.25, 0.3) is 11.5 Å². The highest BCUT2D eigenvalue weighted by Crippen LogP contribution is 2.26. The molecule has 4 rings (SSSR count). The molecular formula is C25H24N4O4S. The Labute approximate surface area is 201 Å². The van der Waals surface area contributed by atoms with Crippen LogP contribution in [-0.2, 0) is 11.3 Å². The smallest absolute Gasteiger partial charge is 0.277 e. The fraction of sp³-hybridized carbons (Fsp3) is 0.200. The quantitative estimate of drug-likeness (QED) is 0.370. The predicted octanol–water partition coefficient (Wildman–Crippen LogP) is 4.63. The monoisotopic (exact) mass is 476 g/mol. The molecule has 9 heteroatoms. The lowest BCUT2D eigenvalue weighted by atomic mass is 10.1. The zero-order chi connectivity index (χ0) is 24.1. The van der Waals surface area contributed by atoms with Gasteiger partial charge in [-0.1, -0.05) is 41.1 Å². The Kier molecular flexibility index (Phi) is 7.12. The van der Waals surface area contributed by atoms with Gasteiger partial charge in [-0.15, -0.1) is 10.2 Å². The first-order chi connectivity index (χ1) is 16.4. The first-order valence-electron chi connectivity index (χ1n) is 10.6. The number of aromatic nitrogens is 2. The molecule has 2 aromatic heterocycles. The number of nitrogens with zero attached hydrogens (tertiary/aromatic N) is 3. The third-order valence-corrected chi connectivity index (χ3v) is 5.88. The molecule has 8 nitrogen and oxygen atoms in total. The van der Waals surface area contributed by atoms with Gasteiger partial charge in [0.25, 0.3) is 11.1 Å². The molecular weight excluding hydrogens is 452 g/mol. The van der Waals surface area contributed by atoms with Gasteiger partial charge in [-0.25, -0.2) is 0 Å². The lowest BCUT2D eigenvalue weighted by Crippen LogP contribution is -2.31.